The van der Waals surface area contributed by atoms with Crippen LogP contribution in [0.25, 0.3) is 0 Å². The third-order valence-electron chi connectivity index (χ3n) is 2.21. The second-order valence-corrected chi connectivity index (χ2v) is 3.20. The van der Waals surface area contributed by atoms with Crippen molar-refractivity contribution in [1.82, 2.24) is 10.2 Å². The molecule has 1 rings (SSSR count). The van der Waals surface area contributed by atoms with Crippen molar-refractivity contribution in [1.29, 1.82) is 0 Å². The Morgan fingerprint density at radius 2 is 2.25 bits per heavy atom. The number of nitrogens with zero attached hydrogens (tertiary/aromatic N) is 1. The summed E-state index contributed by atoms with van der Waals surface area (Å²) in [6, 6.07) is 0.676. The summed E-state index contributed by atoms with van der Waals surface area (Å²) < 4.78 is 0. The normalized spacial score (nSPS) is 27.2. The van der Waals surface area contributed by atoms with E-state index in [0.29, 0.717) is 18.6 Å². The summed E-state index contributed by atoms with van der Waals surface area (Å²) in [5, 5.41) is 2.65. The molecule has 1 saturated heterocycles. The monoisotopic (exact) mass is 166 g/mol. The molecule has 0 bridgehead atoms. The molecule has 1 aliphatic rings. The van der Waals surface area contributed by atoms with Gasteiger partial charge in [-0.25, -0.2) is 4.79 Å². The predicted octanol–water partition coefficient (Wildman–Crippen LogP) is 0.812. The molecule has 3 heteroatoms. The first-order valence-electron chi connectivity index (χ1n) is 4.16. The molecule has 0 aromatic heterocycles. The van der Waals surface area contributed by atoms with Crippen LogP contribution < -0.4 is 5.32 Å². The van der Waals surface area contributed by atoms with E-state index in [1.54, 1.807) is 0 Å². The lowest BCUT2D eigenvalue weighted by atomic mass is 9.97. The largest absolute Gasteiger partial charge is 0.327 e. The van der Waals surface area contributed by atoms with Crippen molar-refractivity contribution >= 4 is 6.03 Å². The lowest BCUT2D eigenvalue weighted by Gasteiger charge is -2.45. The summed E-state index contributed by atoms with van der Waals surface area (Å²) in [5.41, 5.74) is 0. The smallest absolute Gasteiger partial charge is 0.318 e. The first-order chi connectivity index (χ1) is 5.66. The van der Waals surface area contributed by atoms with Crippen molar-refractivity contribution in [3.63, 3.8) is 0 Å². The van der Waals surface area contributed by atoms with Crippen molar-refractivity contribution < 1.29 is 4.79 Å². The van der Waals surface area contributed by atoms with Crippen molar-refractivity contribution in [3.8, 4) is 12.3 Å². The summed E-state index contributed by atoms with van der Waals surface area (Å²) in [5.74, 6) is 2.37. The molecule has 1 aliphatic heterocycles. The van der Waals surface area contributed by atoms with Gasteiger partial charge >= 0.3 is 6.03 Å². The molecular formula is C9H14N2O. The standard InChI is InChI=1S/C9H14N2O/c1-4-5-10-9(12)11-7(2)6-8(11)3/h1,7-8H,5-6H2,2-3H3,(H,10,12). The molecule has 2 amide bonds. The average molecular weight is 166 g/mol. The van der Waals surface area contributed by atoms with E-state index in [9.17, 15) is 4.79 Å². The number of urea groups is 1. The molecule has 66 valence electrons. The highest BCUT2D eigenvalue weighted by Gasteiger charge is 2.35. The van der Waals surface area contributed by atoms with E-state index in [0.717, 1.165) is 6.42 Å². The molecule has 2 unspecified atom stereocenters. The molecule has 0 radical (unpaired) electrons. The number of likely N-dealkylation sites (tertiary alicyclic amines) is 1. The number of carbonyl (C=O) groups excluding carboxylic acids is 1. The Bertz CT molecular complexity index is 211. The van der Waals surface area contributed by atoms with E-state index in [1.807, 2.05) is 18.7 Å². The Hall–Kier alpha value is -1.17. The lowest BCUT2D eigenvalue weighted by molar-refractivity contribution is 0.0741. The Labute approximate surface area is 73.1 Å². The molecule has 1 fully saturated rings. The highest BCUT2D eigenvalue weighted by Crippen LogP contribution is 2.24. The molecule has 0 aromatic rings. The lowest BCUT2D eigenvalue weighted by Crippen LogP contribution is -2.58. The number of terminal acetylenes is 1. The minimum Gasteiger partial charge on any atom is -0.327 e. The minimum atomic E-state index is -0.0424. The predicted molar refractivity (Wildman–Crippen MR) is 47.6 cm³/mol. The van der Waals surface area contributed by atoms with Crippen LogP contribution in [0.1, 0.15) is 20.3 Å². The van der Waals surface area contributed by atoms with Crippen LogP contribution in [0, 0.1) is 12.3 Å². The average Bonchev–Trinajstić information content (AvgIpc) is 2.00. The molecule has 12 heavy (non-hydrogen) atoms. The Morgan fingerprint density at radius 3 is 2.67 bits per heavy atom. The summed E-state index contributed by atoms with van der Waals surface area (Å²) in [7, 11) is 0. The first-order valence-corrected chi connectivity index (χ1v) is 4.16. The first kappa shape index (κ1) is 8.92. The third kappa shape index (κ3) is 1.53. The number of rotatable bonds is 1. The van der Waals surface area contributed by atoms with Crippen molar-refractivity contribution in [2.75, 3.05) is 6.54 Å². The number of hydrogen-bond donors (Lipinski definition) is 1. The highest BCUT2D eigenvalue weighted by molar-refractivity contribution is 5.76. The van der Waals surface area contributed by atoms with Gasteiger partial charge in [-0.15, -0.1) is 6.42 Å². The molecular weight excluding hydrogens is 152 g/mol. The van der Waals surface area contributed by atoms with Gasteiger partial charge in [0.15, 0.2) is 0 Å². The molecule has 1 heterocycles. The van der Waals surface area contributed by atoms with Crippen LogP contribution in [0.3, 0.4) is 0 Å². The van der Waals surface area contributed by atoms with Crippen LogP contribution in [0.5, 0.6) is 0 Å². The van der Waals surface area contributed by atoms with Gasteiger partial charge in [0.2, 0.25) is 0 Å². The fourth-order valence-electron chi connectivity index (χ4n) is 1.64. The van der Waals surface area contributed by atoms with Gasteiger partial charge in [0.1, 0.15) is 0 Å². The maximum absolute atomic E-state index is 11.3. The number of amides is 2. The Morgan fingerprint density at radius 1 is 1.67 bits per heavy atom. The number of carbonyl (C=O) groups is 1. The molecule has 3 nitrogen and oxygen atoms in total. The van der Waals surface area contributed by atoms with E-state index in [1.165, 1.54) is 0 Å². The van der Waals surface area contributed by atoms with Crippen molar-refractivity contribution in [2.45, 2.75) is 32.4 Å². The molecule has 2 atom stereocenters. The SMILES string of the molecule is C#CCNC(=O)N1C(C)CC1C. The minimum absolute atomic E-state index is 0.0424. The maximum Gasteiger partial charge on any atom is 0.318 e. The Kier molecular flexibility index (Phi) is 2.59. The van der Waals surface area contributed by atoms with E-state index < -0.39 is 0 Å². The summed E-state index contributed by atoms with van der Waals surface area (Å²) in [6.07, 6.45) is 6.11. The Balaban J connectivity index is 2.37. The van der Waals surface area contributed by atoms with Crippen LogP contribution in [-0.4, -0.2) is 29.6 Å². The van der Waals surface area contributed by atoms with Crippen molar-refractivity contribution in [3.05, 3.63) is 0 Å². The zero-order chi connectivity index (χ0) is 9.14. The molecule has 1 N–H and O–H groups in total. The van der Waals surface area contributed by atoms with Gasteiger partial charge < -0.3 is 10.2 Å². The summed E-state index contributed by atoms with van der Waals surface area (Å²) in [4.78, 5) is 13.1. The topological polar surface area (TPSA) is 32.3 Å². The van der Waals surface area contributed by atoms with Gasteiger partial charge in [0.05, 0.1) is 6.54 Å². The summed E-state index contributed by atoms with van der Waals surface area (Å²) in [6.45, 7) is 4.39. The number of hydrogen-bond acceptors (Lipinski definition) is 1. The molecule has 0 spiro atoms. The fraction of sp³-hybridized carbons (Fsp3) is 0.667. The van der Waals surface area contributed by atoms with Gasteiger partial charge in [-0.2, -0.15) is 0 Å². The number of nitrogens with one attached hydrogen (secondary N) is 1. The van der Waals surface area contributed by atoms with E-state index >= 15 is 0 Å². The van der Waals surface area contributed by atoms with Crippen LogP contribution in [0.2, 0.25) is 0 Å². The van der Waals surface area contributed by atoms with Gasteiger partial charge in [-0.3, -0.25) is 0 Å². The second kappa shape index (κ2) is 3.48. The van der Waals surface area contributed by atoms with Crippen LogP contribution in [0.15, 0.2) is 0 Å². The quantitative estimate of drug-likeness (QED) is 0.574. The molecule has 0 aliphatic carbocycles. The fourth-order valence-corrected chi connectivity index (χ4v) is 1.64. The van der Waals surface area contributed by atoms with Gasteiger partial charge in [-0.1, -0.05) is 5.92 Å². The van der Waals surface area contributed by atoms with E-state index in [-0.39, 0.29) is 6.03 Å². The molecule has 0 saturated carbocycles. The molecule has 0 aromatic carbocycles. The van der Waals surface area contributed by atoms with E-state index in [4.69, 9.17) is 6.42 Å². The van der Waals surface area contributed by atoms with Crippen LogP contribution in [0.4, 0.5) is 4.79 Å². The second-order valence-electron chi connectivity index (χ2n) is 3.20. The summed E-state index contributed by atoms with van der Waals surface area (Å²) >= 11 is 0. The van der Waals surface area contributed by atoms with E-state index in [2.05, 4.69) is 11.2 Å². The van der Waals surface area contributed by atoms with Crippen molar-refractivity contribution in [2.24, 2.45) is 0 Å². The van der Waals surface area contributed by atoms with Crippen LogP contribution in [-0.2, 0) is 0 Å². The third-order valence-corrected chi connectivity index (χ3v) is 2.21. The van der Waals surface area contributed by atoms with Gasteiger partial charge in [0.25, 0.3) is 0 Å². The highest BCUT2D eigenvalue weighted by atomic mass is 16.2. The van der Waals surface area contributed by atoms with Gasteiger partial charge in [0, 0.05) is 12.1 Å². The zero-order valence-corrected chi connectivity index (χ0v) is 7.50. The van der Waals surface area contributed by atoms with Crippen LogP contribution >= 0.6 is 0 Å². The zero-order valence-electron chi connectivity index (χ0n) is 7.50. The van der Waals surface area contributed by atoms with Gasteiger partial charge in [-0.05, 0) is 20.3 Å². The maximum atomic E-state index is 11.3.